The lowest BCUT2D eigenvalue weighted by Gasteiger charge is -2.34. The van der Waals surface area contributed by atoms with E-state index in [4.69, 9.17) is 5.11 Å². The number of aliphatic hydroxyl groups excluding tert-OH is 3. The predicted molar refractivity (Wildman–Crippen MR) is 221 cm³/mol. The predicted octanol–water partition coefficient (Wildman–Crippen LogP) is 6.64. The van der Waals surface area contributed by atoms with E-state index in [1.807, 2.05) is 54.3 Å². The molecule has 1 heterocycles. The number of hydrogen-bond acceptors (Lipinski definition) is 7. The fraction of sp³-hybridized carbons (Fsp3) is 0.581. The van der Waals surface area contributed by atoms with E-state index in [1.54, 1.807) is 11.8 Å². The Kier molecular flexibility index (Phi) is 25.8. The summed E-state index contributed by atoms with van der Waals surface area (Å²) in [6.07, 6.45) is 15.1. The number of carbonyl (C=O) groups excluding carboxylic acids is 2. The quantitative estimate of drug-likeness (QED) is 0.130. The summed E-state index contributed by atoms with van der Waals surface area (Å²) < 4.78 is 0.00742. The Hall–Kier alpha value is -3.13. The Balaban J connectivity index is 0.00000298. The van der Waals surface area contributed by atoms with Crippen molar-refractivity contribution < 1.29 is 24.9 Å². The van der Waals surface area contributed by atoms with E-state index in [1.165, 1.54) is 5.56 Å². The Morgan fingerprint density at radius 3 is 2.23 bits per heavy atom. The zero-order chi connectivity index (χ0) is 39.7. The van der Waals surface area contributed by atoms with E-state index in [-0.39, 0.29) is 35.1 Å². The van der Waals surface area contributed by atoms with Gasteiger partial charge in [0.05, 0.1) is 18.6 Å². The van der Waals surface area contributed by atoms with E-state index in [0.717, 1.165) is 49.1 Å². The zero-order valence-corrected chi connectivity index (χ0v) is 34.2. The molecule has 0 aromatic heterocycles. The van der Waals surface area contributed by atoms with Crippen LogP contribution in [0.5, 0.6) is 0 Å². The molecule has 2 amide bonds. The molecule has 1 saturated heterocycles. The number of aliphatic hydroxyl groups is 3. The normalized spacial score (nSPS) is 16.2. The number of thioether (sulfide) groups is 1. The minimum atomic E-state index is -0.702. The Morgan fingerprint density at radius 2 is 1.65 bits per heavy atom. The average molecular weight is 740 g/mol. The van der Waals surface area contributed by atoms with E-state index < -0.39 is 12.3 Å². The molecular formula is C43H69N3O5S. The molecule has 0 bridgehead atoms. The minimum absolute atomic E-state index is 0.00742. The van der Waals surface area contributed by atoms with Crippen LogP contribution >= 0.6 is 11.8 Å². The highest BCUT2D eigenvalue weighted by Gasteiger charge is 2.26. The second kappa shape index (κ2) is 27.5. The molecule has 52 heavy (non-hydrogen) atoms. The maximum absolute atomic E-state index is 13.5. The molecule has 1 aliphatic heterocycles. The molecular weight excluding hydrogens is 671 g/mol. The highest BCUT2D eigenvalue weighted by atomic mass is 32.2. The molecule has 0 saturated carbocycles. The summed E-state index contributed by atoms with van der Waals surface area (Å²) in [7, 11) is 1.00. The van der Waals surface area contributed by atoms with Gasteiger partial charge in [-0.15, -0.1) is 12.8 Å². The Labute approximate surface area is 320 Å². The molecule has 5 N–H and O–H groups in total. The fourth-order valence-corrected chi connectivity index (χ4v) is 6.64. The molecule has 4 atom stereocenters. The van der Waals surface area contributed by atoms with Crippen molar-refractivity contribution in [1.29, 1.82) is 0 Å². The third kappa shape index (κ3) is 21.4. The monoisotopic (exact) mass is 739 g/mol. The van der Waals surface area contributed by atoms with Crippen LogP contribution in [0.2, 0.25) is 0 Å². The van der Waals surface area contributed by atoms with Crippen LogP contribution in [0.25, 0.3) is 6.08 Å². The largest absolute Gasteiger partial charge is 0.400 e. The van der Waals surface area contributed by atoms with Crippen LogP contribution in [-0.2, 0) is 22.4 Å². The SMILES string of the molecule is C#C.C/C=C\c1cccc(C[C@H](CSC(C)(C)C)C(=O)NCC(=O)NC(Cc2ccccc2)CC(O)CN2CCCC[C@H]2O)c1C.CC(C)C.CO. The first-order chi connectivity index (χ1) is 24.7. The van der Waals surface area contributed by atoms with Gasteiger partial charge in [0, 0.05) is 36.7 Å². The lowest BCUT2D eigenvalue weighted by molar-refractivity contribution is -0.128. The Morgan fingerprint density at radius 1 is 1.02 bits per heavy atom. The van der Waals surface area contributed by atoms with Crippen LogP contribution in [0, 0.1) is 31.6 Å². The number of likely N-dealkylation sites (tertiary alicyclic amines) is 1. The standard InChI is InChI=1S/C36H53N3O4S.C4H10.C2H2.CH4O/c1-6-13-28-16-12-17-29(26(28)2)21-30(25-44-36(3,4)5)35(43)37-23-33(41)38-31(20-27-14-8-7-9-15-27)22-32(40)24-39-19-11-10-18-34(39)42;1-4(2)3;2*1-2/h6-9,12-17,30-32,34,40,42H,10-11,18-25H2,1-5H3,(H,37,43)(H,38,41);4H,1-3H3;1-2H;2H,1H3/b13-6-;;;/t30-,31?,32?,34-;;;/m1.../s1. The van der Waals surface area contributed by atoms with Crippen molar-refractivity contribution in [1.82, 2.24) is 15.5 Å². The molecule has 2 unspecified atom stereocenters. The molecule has 1 aliphatic rings. The van der Waals surface area contributed by atoms with Crippen LogP contribution in [0.3, 0.4) is 0 Å². The van der Waals surface area contributed by atoms with Crippen LogP contribution in [0.15, 0.2) is 54.6 Å². The van der Waals surface area contributed by atoms with Gasteiger partial charge in [0.15, 0.2) is 0 Å². The van der Waals surface area contributed by atoms with Gasteiger partial charge in [-0.3, -0.25) is 14.5 Å². The van der Waals surface area contributed by atoms with Gasteiger partial charge in [-0.05, 0) is 80.5 Å². The number of piperidine rings is 1. The first-order valence-corrected chi connectivity index (χ1v) is 19.5. The number of nitrogens with zero attached hydrogens (tertiary/aromatic N) is 1. The van der Waals surface area contributed by atoms with Gasteiger partial charge in [0.2, 0.25) is 11.8 Å². The lowest BCUT2D eigenvalue weighted by atomic mass is 9.93. The highest BCUT2D eigenvalue weighted by molar-refractivity contribution is 8.00. The lowest BCUT2D eigenvalue weighted by Crippen LogP contribution is -2.48. The molecule has 8 nitrogen and oxygen atoms in total. The smallest absolute Gasteiger partial charge is 0.239 e. The van der Waals surface area contributed by atoms with Crippen molar-refractivity contribution in [2.24, 2.45) is 11.8 Å². The summed E-state index contributed by atoms with van der Waals surface area (Å²) in [5.74, 6) is 0.781. The highest BCUT2D eigenvalue weighted by Crippen LogP contribution is 2.28. The molecule has 1 fully saturated rings. The summed E-state index contributed by atoms with van der Waals surface area (Å²) in [6.45, 7) is 18.0. The second-order valence-electron chi connectivity index (χ2n) is 14.7. The van der Waals surface area contributed by atoms with Gasteiger partial charge >= 0.3 is 0 Å². The minimum Gasteiger partial charge on any atom is -0.400 e. The first kappa shape index (κ1) is 48.9. The molecule has 9 heteroatoms. The Bertz CT molecular complexity index is 1310. The van der Waals surface area contributed by atoms with E-state index in [2.05, 4.69) is 90.2 Å². The van der Waals surface area contributed by atoms with Crippen LogP contribution in [0.1, 0.15) is 96.4 Å². The van der Waals surface area contributed by atoms with Crippen molar-refractivity contribution in [3.05, 3.63) is 76.9 Å². The molecule has 0 radical (unpaired) electrons. The number of hydrogen-bond donors (Lipinski definition) is 5. The van der Waals surface area contributed by atoms with E-state index in [0.29, 0.717) is 38.0 Å². The van der Waals surface area contributed by atoms with Gasteiger partial charge in [-0.1, -0.05) is 102 Å². The van der Waals surface area contributed by atoms with E-state index in [9.17, 15) is 19.8 Å². The van der Waals surface area contributed by atoms with E-state index >= 15 is 0 Å². The second-order valence-corrected chi connectivity index (χ2v) is 16.6. The third-order valence-corrected chi connectivity index (χ3v) is 9.52. The van der Waals surface area contributed by atoms with Crippen LogP contribution in [0.4, 0.5) is 0 Å². The number of carbonyl (C=O) groups is 2. The molecule has 292 valence electrons. The summed E-state index contributed by atoms with van der Waals surface area (Å²) >= 11 is 1.75. The van der Waals surface area contributed by atoms with Gasteiger partial charge < -0.3 is 26.0 Å². The van der Waals surface area contributed by atoms with Crippen LogP contribution in [-0.4, -0.2) is 87.7 Å². The van der Waals surface area contributed by atoms with Crippen molar-refractivity contribution in [2.45, 2.75) is 117 Å². The first-order valence-electron chi connectivity index (χ1n) is 18.5. The van der Waals surface area contributed by atoms with Crippen molar-refractivity contribution >= 4 is 29.7 Å². The topological polar surface area (TPSA) is 122 Å². The maximum Gasteiger partial charge on any atom is 0.239 e. The van der Waals surface area contributed by atoms with Gasteiger partial charge in [-0.25, -0.2) is 0 Å². The summed E-state index contributed by atoms with van der Waals surface area (Å²) in [4.78, 5) is 28.6. The average Bonchev–Trinajstić information content (AvgIpc) is 3.09. The third-order valence-electron chi connectivity index (χ3n) is 8.08. The van der Waals surface area contributed by atoms with Crippen molar-refractivity contribution in [3.63, 3.8) is 0 Å². The molecule has 2 aromatic rings. The maximum atomic E-state index is 13.5. The number of β-amino-alcohol motifs (C(OH)–C–C–N with tert-alkyl or cyclic N) is 1. The van der Waals surface area contributed by atoms with Crippen LogP contribution < -0.4 is 10.6 Å². The number of allylic oxidation sites excluding steroid dienone is 1. The molecule has 2 aromatic carbocycles. The number of benzene rings is 2. The molecule has 0 aliphatic carbocycles. The fourth-order valence-electron chi connectivity index (χ4n) is 5.67. The number of nitrogens with one attached hydrogen (secondary N) is 2. The summed E-state index contributed by atoms with van der Waals surface area (Å²) in [6, 6.07) is 15.8. The van der Waals surface area contributed by atoms with Gasteiger partial charge in [0.1, 0.15) is 6.23 Å². The number of amides is 2. The number of terminal acetylenes is 1. The molecule has 0 spiro atoms. The molecule has 3 rings (SSSR count). The number of rotatable bonds is 15. The van der Waals surface area contributed by atoms with Crippen molar-refractivity contribution in [3.8, 4) is 12.8 Å². The van der Waals surface area contributed by atoms with Gasteiger partial charge in [-0.2, -0.15) is 11.8 Å². The summed E-state index contributed by atoms with van der Waals surface area (Å²) in [5, 5.41) is 34.2. The zero-order valence-electron chi connectivity index (χ0n) is 33.4. The van der Waals surface area contributed by atoms with Crippen molar-refractivity contribution in [2.75, 3.05) is 32.5 Å². The van der Waals surface area contributed by atoms with Gasteiger partial charge in [0.25, 0.3) is 0 Å². The summed E-state index contributed by atoms with van der Waals surface area (Å²) in [5.41, 5.74) is 4.51.